The number of hydrogen-bond donors (Lipinski definition) is 1. The number of methoxy groups -OCH3 is 1. The van der Waals surface area contributed by atoms with Crippen LogP contribution in [0.25, 0.3) is 5.76 Å². The van der Waals surface area contributed by atoms with Gasteiger partial charge in [0.15, 0.2) is 0 Å². The first-order chi connectivity index (χ1) is 15.4. The normalized spacial score (nSPS) is 17.8. The molecule has 32 heavy (non-hydrogen) atoms. The number of likely N-dealkylation sites (tertiary alicyclic amines) is 1. The molecular weight excluding hydrogens is 408 g/mol. The van der Waals surface area contributed by atoms with Crippen LogP contribution in [-0.2, 0) is 9.59 Å². The second-order valence-corrected chi connectivity index (χ2v) is 7.88. The van der Waals surface area contributed by atoms with E-state index in [0.29, 0.717) is 36.6 Å². The van der Waals surface area contributed by atoms with Gasteiger partial charge in [0.25, 0.3) is 11.7 Å². The Labute approximate surface area is 188 Å². The number of hydrogen-bond acceptors (Lipinski definition) is 6. The number of aliphatic hydroxyl groups is 1. The fraction of sp³-hybridized carbons (Fsp3) is 0.360. The third kappa shape index (κ3) is 4.94. The van der Waals surface area contributed by atoms with Gasteiger partial charge in [0.05, 0.1) is 25.3 Å². The number of amides is 1. The van der Waals surface area contributed by atoms with Gasteiger partial charge in [-0.25, -0.2) is 0 Å². The largest absolute Gasteiger partial charge is 0.507 e. The highest BCUT2D eigenvalue weighted by atomic mass is 16.5. The van der Waals surface area contributed by atoms with Gasteiger partial charge in [-0.3, -0.25) is 9.59 Å². The second-order valence-electron chi connectivity index (χ2n) is 7.88. The van der Waals surface area contributed by atoms with Crippen LogP contribution in [0.3, 0.4) is 0 Å². The summed E-state index contributed by atoms with van der Waals surface area (Å²) in [6.45, 7) is 3.62. The number of rotatable bonds is 9. The summed E-state index contributed by atoms with van der Waals surface area (Å²) in [7, 11) is 5.45. The molecule has 0 aliphatic carbocycles. The molecule has 170 valence electrons. The molecule has 1 aliphatic heterocycles. The SMILES string of the molecule is CCOc1ccc(C2/C(=C(\O)c3cccc(OC)c3)C(=O)C(=O)N2CCCN(C)C)cc1. The molecule has 0 saturated carbocycles. The van der Waals surface area contributed by atoms with Crippen molar-refractivity contribution in [1.29, 1.82) is 0 Å². The first-order valence-electron chi connectivity index (χ1n) is 10.7. The van der Waals surface area contributed by atoms with Crippen molar-refractivity contribution in [2.24, 2.45) is 0 Å². The van der Waals surface area contributed by atoms with Gasteiger partial charge < -0.3 is 24.4 Å². The van der Waals surface area contributed by atoms with Crippen molar-refractivity contribution in [3.63, 3.8) is 0 Å². The van der Waals surface area contributed by atoms with Crippen LogP contribution in [0, 0.1) is 0 Å². The summed E-state index contributed by atoms with van der Waals surface area (Å²) in [4.78, 5) is 29.6. The van der Waals surface area contributed by atoms with Crippen molar-refractivity contribution in [3.05, 3.63) is 65.2 Å². The fourth-order valence-electron chi connectivity index (χ4n) is 3.85. The van der Waals surface area contributed by atoms with Gasteiger partial charge in [-0.15, -0.1) is 0 Å². The number of carbonyl (C=O) groups excluding carboxylic acids is 2. The van der Waals surface area contributed by atoms with E-state index in [-0.39, 0.29) is 11.3 Å². The highest BCUT2D eigenvalue weighted by molar-refractivity contribution is 6.46. The molecule has 2 aromatic rings. The Kier molecular flexibility index (Phi) is 7.53. The van der Waals surface area contributed by atoms with Gasteiger partial charge in [-0.05, 0) is 63.8 Å². The van der Waals surface area contributed by atoms with Gasteiger partial charge in [0, 0.05) is 12.1 Å². The van der Waals surface area contributed by atoms with Crippen molar-refractivity contribution in [3.8, 4) is 11.5 Å². The molecule has 0 radical (unpaired) electrons. The molecule has 1 unspecified atom stereocenters. The first kappa shape index (κ1) is 23.3. The van der Waals surface area contributed by atoms with Gasteiger partial charge in [-0.1, -0.05) is 24.3 Å². The maximum atomic E-state index is 13.1. The summed E-state index contributed by atoms with van der Waals surface area (Å²) in [6.07, 6.45) is 0.701. The molecule has 1 N–H and O–H groups in total. The maximum absolute atomic E-state index is 13.1. The minimum Gasteiger partial charge on any atom is -0.507 e. The third-order valence-corrected chi connectivity index (χ3v) is 5.39. The first-order valence-corrected chi connectivity index (χ1v) is 10.7. The maximum Gasteiger partial charge on any atom is 0.295 e. The molecule has 3 rings (SSSR count). The predicted octanol–water partition coefficient (Wildman–Crippen LogP) is 3.47. The molecule has 2 aromatic carbocycles. The lowest BCUT2D eigenvalue weighted by molar-refractivity contribution is -0.139. The molecule has 1 amide bonds. The van der Waals surface area contributed by atoms with E-state index in [2.05, 4.69) is 0 Å². The Morgan fingerprint density at radius 1 is 1.09 bits per heavy atom. The van der Waals surface area contributed by atoms with Crippen LogP contribution >= 0.6 is 0 Å². The minimum absolute atomic E-state index is 0.0808. The highest BCUT2D eigenvalue weighted by Gasteiger charge is 2.45. The summed E-state index contributed by atoms with van der Waals surface area (Å²) in [5.41, 5.74) is 1.24. The molecule has 1 fully saturated rings. The molecule has 1 aliphatic rings. The van der Waals surface area contributed by atoms with E-state index in [1.165, 1.54) is 7.11 Å². The average molecular weight is 439 g/mol. The summed E-state index contributed by atoms with van der Waals surface area (Å²) >= 11 is 0. The Hall–Kier alpha value is -3.32. The second kappa shape index (κ2) is 10.3. The molecule has 0 bridgehead atoms. The monoisotopic (exact) mass is 438 g/mol. The van der Waals surface area contributed by atoms with Gasteiger partial charge >= 0.3 is 0 Å². The number of ether oxygens (including phenoxy) is 2. The molecule has 0 spiro atoms. The van der Waals surface area contributed by atoms with E-state index >= 15 is 0 Å². The van der Waals surface area contributed by atoms with Crippen molar-refractivity contribution >= 4 is 17.4 Å². The number of nitrogens with zero attached hydrogens (tertiary/aromatic N) is 2. The molecule has 1 heterocycles. The van der Waals surface area contributed by atoms with Crippen molar-refractivity contribution in [2.75, 3.05) is 40.9 Å². The van der Waals surface area contributed by atoms with Crippen LogP contribution in [0.5, 0.6) is 11.5 Å². The lowest BCUT2D eigenvalue weighted by atomic mass is 9.95. The lowest BCUT2D eigenvalue weighted by Crippen LogP contribution is -2.32. The van der Waals surface area contributed by atoms with E-state index < -0.39 is 17.7 Å². The van der Waals surface area contributed by atoms with E-state index in [4.69, 9.17) is 9.47 Å². The Bertz CT molecular complexity index is 998. The third-order valence-electron chi connectivity index (χ3n) is 5.39. The van der Waals surface area contributed by atoms with Gasteiger partial charge in [0.1, 0.15) is 17.3 Å². The zero-order valence-corrected chi connectivity index (χ0v) is 19.0. The molecular formula is C25H30N2O5. The number of ketones is 1. The zero-order chi connectivity index (χ0) is 23.3. The number of benzene rings is 2. The van der Waals surface area contributed by atoms with Crippen LogP contribution in [-0.4, -0.2) is 67.5 Å². The Morgan fingerprint density at radius 2 is 1.81 bits per heavy atom. The van der Waals surface area contributed by atoms with E-state index in [0.717, 1.165) is 12.1 Å². The molecule has 0 aromatic heterocycles. The van der Waals surface area contributed by atoms with Crippen LogP contribution < -0.4 is 9.47 Å². The van der Waals surface area contributed by atoms with Crippen molar-refractivity contribution in [2.45, 2.75) is 19.4 Å². The predicted molar refractivity (Wildman–Crippen MR) is 123 cm³/mol. The number of carbonyl (C=O) groups is 2. The number of aliphatic hydroxyl groups excluding tert-OH is 1. The average Bonchev–Trinajstić information content (AvgIpc) is 3.04. The fourth-order valence-corrected chi connectivity index (χ4v) is 3.85. The van der Waals surface area contributed by atoms with Crippen LogP contribution in [0.2, 0.25) is 0 Å². The van der Waals surface area contributed by atoms with Crippen LogP contribution in [0.4, 0.5) is 0 Å². The summed E-state index contributed by atoms with van der Waals surface area (Å²) in [5.74, 6) is -0.252. The van der Waals surface area contributed by atoms with E-state index in [9.17, 15) is 14.7 Å². The molecule has 1 atom stereocenters. The van der Waals surface area contributed by atoms with E-state index in [1.54, 1.807) is 29.2 Å². The smallest absolute Gasteiger partial charge is 0.295 e. The number of Topliss-reactive ketones (excluding diaryl/α,β-unsaturated/α-hetero) is 1. The molecule has 7 nitrogen and oxygen atoms in total. The Balaban J connectivity index is 2.07. The Morgan fingerprint density at radius 3 is 2.44 bits per heavy atom. The quantitative estimate of drug-likeness (QED) is 0.367. The topological polar surface area (TPSA) is 79.3 Å². The van der Waals surface area contributed by atoms with Gasteiger partial charge in [-0.2, -0.15) is 0 Å². The van der Waals surface area contributed by atoms with Crippen molar-refractivity contribution < 1.29 is 24.2 Å². The van der Waals surface area contributed by atoms with Crippen LogP contribution in [0.15, 0.2) is 54.1 Å². The summed E-state index contributed by atoms with van der Waals surface area (Å²) in [6, 6.07) is 13.4. The minimum atomic E-state index is -0.686. The zero-order valence-electron chi connectivity index (χ0n) is 19.0. The molecule has 7 heteroatoms. The van der Waals surface area contributed by atoms with Crippen LogP contribution in [0.1, 0.15) is 30.5 Å². The van der Waals surface area contributed by atoms with E-state index in [1.807, 2.05) is 50.2 Å². The van der Waals surface area contributed by atoms with Crippen molar-refractivity contribution in [1.82, 2.24) is 9.80 Å². The lowest BCUT2D eigenvalue weighted by Gasteiger charge is -2.26. The standard InChI is InChI=1S/C25H30N2O5/c1-5-32-19-12-10-17(11-13-19)22-21(23(28)18-8-6-9-20(16-18)31-4)24(29)25(30)27(22)15-7-14-26(2)3/h6,8-13,16,22,28H,5,7,14-15H2,1-4H3/b23-21+. The summed E-state index contributed by atoms with van der Waals surface area (Å²) in [5, 5.41) is 11.1. The van der Waals surface area contributed by atoms with Gasteiger partial charge in [0.2, 0.25) is 0 Å². The molecule has 1 saturated heterocycles. The summed E-state index contributed by atoms with van der Waals surface area (Å²) < 4.78 is 10.8. The highest BCUT2D eigenvalue weighted by Crippen LogP contribution is 2.40.